The Morgan fingerprint density at radius 2 is 2.13 bits per heavy atom. The van der Waals surface area contributed by atoms with Gasteiger partial charge in [0.05, 0.1) is 6.20 Å². The molecule has 0 aliphatic carbocycles. The molecule has 0 saturated carbocycles. The van der Waals surface area contributed by atoms with Gasteiger partial charge >= 0.3 is 0 Å². The number of hydrogen-bond acceptors (Lipinski definition) is 4. The average molecular weight is 248 g/mol. The second-order valence-corrected chi connectivity index (χ2v) is 2.62. The molecule has 0 aliphatic heterocycles. The van der Waals surface area contributed by atoms with Gasteiger partial charge in [-0.15, -0.1) is 24.8 Å². The molecular formula is C9H11Cl2N3O. The lowest BCUT2D eigenvalue weighted by Crippen LogP contribution is -1.96. The molecule has 0 atom stereocenters. The van der Waals surface area contributed by atoms with Crippen molar-refractivity contribution in [2.75, 3.05) is 0 Å². The SMILES string of the molecule is Cl.Cl.NCc1ccnc(-c2cnco2)c1. The maximum Gasteiger partial charge on any atom is 0.181 e. The second-order valence-electron chi connectivity index (χ2n) is 2.62. The van der Waals surface area contributed by atoms with E-state index in [0.717, 1.165) is 11.3 Å². The number of halogens is 2. The van der Waals surface area contributed by atoms with E-state index in [1.54, 1.807) is 12.4 Å². The van der Waals surface area contributed by atoms with Crippen molar-refractivity contribution >= 4 is 24.8 Å². The molecule has 82 valence electrons. The topological polar surface area (TPSA) is 64.9 Å². The van der Waals surface area contributed by atoms with Crippen molar-refractivity contribution in [2.24, 2.45) is 5.73 Å². The number of pyridine rings is 1. The summed E-state index contributed by atoms with van der Waals surface area (Å²) in [7, 11) is 0. The van der Waals surface area contributed by atoms with Gasteiger partial charge in [-0.05, 0) is 17.7 Å². The summed E-state index contributed by atoms with van der Waals surface area (Å²) in [5.74, 6) is 0.662. The minimum Gasteiger partial charge on any atom is -0.442 e. The molecule has 0 fully saturated rings. The number of nitrogens with two attached hydrogens (primary N) is 1. The third-order valence-electron chi connectivity index (χ3n) is 1.74. The zero-order valence-electron chi connectivity index (χ0n) is 7.79. The summed E-state index contributed by atoms with van der Waals surface area (Å²) in [5.41, 5.74) is 7.29. The average Bonchev–Trinajstić information content (AvgIpc) is 2.71. The summed E-state index contributed by atoms with van der Waals surface area (Å²) < 4.78 is 5.10. The van der Waals surface area contributed by atoms with Crippen LogP contribution in [-0.2, 0) is 6.54 Å². The standard InChI is InChI=1S/C9H9N3O.2ClH/c10-4-7-1-2-12-8(3-7)9-5-11-6-13-9;;/h1-3,5-6H,4,10H2;2*1H. The molecule has 0 radical (unpaired) electrons. The summed E-state index contributed by atoms with van der Waals surface area (Å²) >= 11 is 0. The van der Waals surface area contributed by atoms with E-state index in [1.165, 1.54) is 6.39 Å². The normalized spacial score (nSPS) is 8.87. The van der Waals surface area contributed by atoms with E-state index in [1.807, 2.05) is 12.1 Å². The van der Waals surface area contributed by atoms with Crippen LogP contribution in [0.25, 0.3) is 11.5 Å². The molecule has 0 saturated heterocycles. The zero-order valence-corrected chi connectivity index (χ0v) is 9.42. The van der Waals surface area contributed by atoms with Crippen LogP contribution in [-0.4, -0.2) is 9.97 Å². The van der Waals surface area contributed by atoms with Gasteiger partial charge < -0.3 is 10.2 Å². The van der Waals surface area contributed by atoms with E-state index in [0.29, 0.717) is 12.3 Å². The number of hydrogen-bond donors (Lipinski definition) is 1. The van der Waals surface area contributed by atoms with Crippen molar-refractivity contribution in [2.45, 2.75) is 6.54 Å². The van der Waals surface area contributed by atoms with Crippen LogP contribution in [0.3, 0.4) is 0 Å². The number of aromatic nitrogens is 2. The Balaban J connectivity index is 0.000000980. The van der Waals surface area contributed by atoms with Crippen molar-refractivity contribution in [3.05, 3.63) is 36.5 Å². The highest BCUT2D eigenvalue weighted by Gasteiger charge is 2.02. The quantitative estimate of drug-likeness (QED) is 0.883. The molecular weight excluding hydrogens is 237 g/mol. The molecule has 0 amide bonds. The predicted molar refractivity (Wildman–Crippen MR) is 62.1 cm³/mol. The molecule has 2 aromatic rings. The molecule has 0 unspecified atom stereocenters. The third-order valence-corrected chi connectivity index (χ3v) is 1.74. The van der Waals surface area contributed by atoms with Crippen LogP contribution in [0, 0.1) is 0 Å². The van der Waals surface area contributed by atoms with E-state index in [-0.39, 0.29) is 24.8 Å². The monoisotopic (exact) mass is 247 g/mol. The van der Waals surface area contributed by atoms with Gasteiger partial charge in [0.2, 0.25) is 0 Å². The third kappa shape index (κ3) is 3.20. The molecule has 2 aromatic heterocycles. The van der Waals surface area contributed by atoms with E-state index >= 15 is 0 Å². The Hall–Kier alpha value is -1.10. The largest absolute Gasteiger partial charge is 0.442 e. The van der Waals surface area contributed by atoms with Crippen LogP contribution in [0.2, 0.25) is 0 Å². The van der Waals surface area contributed by atoms with Crippen LogP contribution < -0.4 is 5.73 Å². The van der Waals surface area contributed by atoms with Crippen LogP contribution in [0.1, 0.15) is 5.56 Å². The highest BCUT2D eigenvalue weighted by atomic mass is 35.5. The molecule has 0 aromatic carbocycles. The van der Waals surface area contributed by atoms with E-state index in [2.05, 4.69) is 9.97 Å². The Morgan fingerprint density at radius 3 is 2.73 bits per heavy atom. The zero-order chi connectivity index (χ0) is 9.10. The predicted octanol–water partition coefficient (Wildman–Crippen LogP) is 2.04. The second kappa shape index (κ2) is 6.40. The number of oxazole rings is 1. The first kappa shape index (κ1) is 13.9. The van der Waals surface area contributed by atoms with Gasteiger partial charge in [0, 0.05) is 12.7 Å². The van der Waals surface area contributed by atoms with E-state index in [4.69, 9.17) is 10.2 Å². The summed E-state index contributed by atoms with van der Waals surface area (Å²) in [5, 5.41) is 0. The van der Waals surface area contributed by atoms with Crippen LogP contribution in [0.5, 0.6) is 0 Å². The fraction of sp³-hybridized carbons (Fsp3) is 0.111. The molecule has 2 heterocycles. The Morgan fingerprint density at radius 1 is 1.33 bits per heavy atom. The molecule has 2 N–H and O–H groups in total. The van der Waals surface area contributed by atoms with Crippen LogP contribution in [0.15, 0.2) is 35.3 Å². The minimum absolute atomic E-state index is 0. The lowest BCUT2D eigenvalue weighted by Gasteiger charge is -1.98. The fourth-order valence-electron chi connectivity index (χ4n) is 1.08. The van der Waals surface area contributed by atoms with Gasteiger partial charge in [-0.2, -0.15) is 0 Å². The van der Waals surface area contributed by atoms with Crippen LogP contribution >= 0.6 is 24.8 Å². The summed E-state index contributed by atoms with van der Waals surface area (Å²) in [6.45, 7) is 0.504. The number of nitrogens with zero attached hydrogens (tertiary/aromatic N) is 2. The summed E-state index contributed by atoms with van der Waals surface area (Å²) in [4.78, 5) is 7.96. The van der Waals surface area contributed by atoms with Crippen molar-refractivity contribution < 1.29 is 4.42 Å². The van der Waals surface area contributed by atoms with Crippen molar-refractivity contribution in [3.8, 4) is 11.5 Å². The van der Waals surface area contributed by atoms with Gasteiger partial charge in [0.15, 0.2) is 12.2 Å². The van der Waals surface area contributed by atoms with Gasteiger partial charge in [-0.1, -0.05) is 0 Å². The Bertz CT molecular complexity index is 392. The summed E-state index contributed by atoms with van der Waals surface area (Å²) in [6, 6.07) is 3.76. The minimum atomic E-state index is 0. The Kier molecular flexibility index (Phi) is 5.93. The highest BCUT2D eigenvalue weighted by molar-refractivity contribution is 5.85. The maximum absolute atomic E-state index is 5.50. The lowest BCUT2D eigenvalue weighted by molar-refractivity contribution is 0.570. The molecule has 0 spiro atoms. The first-order chi connectivity index (χ1) is 6.40. The van der Waals surface area contributed by atoms with Gasteiger partial charge in [0.25, 0.3) is 0 Å². The molecule has 15 heavy (non-hydrogen) atoms. The van der Waals surface area contributed by atoms with Gasteiger partial charge in [-0.3, -0.25) is 4.98 Å². The van der Waals surface area contributed by atoms with Crippen molar-refractivity contribution in [1.29, 1.82) is 0 Å². The van der Waals surface area contributed by atoms with E-state index < -0.39 is 0 Å². The first-order valence-corrected chi connectivity index (χ1v) is 3.94. The maximum atomic E-state index is 5.50. The molecule has 0 aliphatic rings. The summed E-state index contributed by atoms with van der Waals surface area (Å²) in [6.07, 6.45) is 4.72. The van der Waals surface area contributed by atoms with Crippen LogP contribution in [0.4, 0.5) is 0 Å². The first-order valence-electron chi connectivity index (χ1n) is 3.94. The van der Waals surface area contributed by atoms with Crippen molar-refractivity contribution in [3.63, 3.8) is 0 Å². The molecule has 2 rings (SSSR count). The number of rotatable bonds is 2. The fourth-order valence-corrected chi connectivity index (χ4v) is 1.08. The molecule has 6 heteroatoms. The van der Waals surface area contributed by atoms with E-state index in [9.17, 15) is 0 Å². The van der Waals surface area contributed by atoms with Gasteiger partial charge in [-0.25, -0.2) is 4.98 Å². The van der Waals surface area contributed by atoms with Gasteiger partial charge in [0.1, 0.15) is 5.69 Å². The smallest absolute Gasteiger partial charge is 0.181 e. The molecule has 0 bridgehead atoms. The van der Waals surface area contributed by atoms with Crippen molar-refractivity contribution in [1.82, 2.24) is 9.97 Å². The Labute approximate surface area is 99.7 Å². The highest BCUT2D eigenvalue weighted by Crippen LogP contribution is 2.16. The lowest BCUT2D eigenvalue weighted by atomic mass is 10.2. The molecule has 4 nitrogen and oxygen atoms in total.